The van der Waals surface area contributed by atoms with Gasteiger partial charge in [-0.25, -0.2) is 0 Å². The van der Waals surface area contributed by atoms with Crippen LogP contribution in [0.25, 0.3) is 0 Å². The molecule has 0 saturated heterocycles. The van der Waals surface area contributed by atoms with E-state index in [1.165, 1.54) is 0 Å². The van der Waals surface area contributed by atoms with Gasteiger partial charge in [0.25, 0.3) is 0 Å². The van der Waals surface area contributed by atoms with Crippen LogP contribution in [-0.2, 0) is 0 Å². The van der Waals surface area contributed by atoms with Crippen LogP contribution < -0.4 is 0 Å². The minimum atomic E-state index is 0. The predicted octanol–water partition coefficient (Wildman–Crippen LogP) is -9.39. The van der Waals surface area contributed by atoms with E-state index in [1.807, 2.05) is 0 Å². The molecule has 0 aromatic heterocycles. The summed E-state index contributed by atoms with van der Waals surface area (Å²) < 4.78 is 0. The van der Waals surface area contributed by atoms with Crippen LogP contribution >= 0.6 is 0 Å². The third-order valence-electron chi connectivity index (χ3n) is 0. The molecule has 0 nitrogen and oxygen atoms in total. The van der Waals surface area contributed by atoms with Gasteiger partial charge < -0.3 is 53.9 Å². The molecule has 0 fully saturated rings. The van der Waals surface area contributed by atoms with Gasteiger partial charge in [-0.3, -0.25) is 0 Å². The monoisotopic (exact) mass is 1030 g/mol. The van der Waals surface area contributed by atoms with Crippen molar-refractivity contribution in [3.05, 3.63) is 0 Å². The minimum absolute atomic E-state index is 0. The van der Waals surface area contributed by atoms with E-state index in [-0.39, 0.29) is 253 Å². The molecule has 0 unspecified atom stereocenters. The predicted molar refractivity (Wildman–Crippen MR) is 94.2 cm³/mol. The Hall–Kier alpha value is 8.21. The fraction of sp³-hybridized carbons (Fsp3) is 0. The molecule has 0 radical (unpaired) electrons. The van der Waals surface area contributed by atoms with Gasteiger partial charge in [0, 0.05) is 0 Å². The Morgan fingerprint density at radius 3 is 0.417 bits per heavy atom. The maximum atomic E-state index is 0. The Morgan fingerprint density at radius 1 is 0.417 bits per heavy atom. The zero-order valence-corrected chi connectivity index (χ0v) is 24.2. The van der Waals surface area contributed by atoms with Crippen LogP contribution in [0.2, 0.25) is 0 Å². The topological polar surface area (TPSA) is 0 Å². The fourth-order valence-electron chi connectivity index (χ4n) is 0. The third-order valence-corrected chi connectivity index (χ3v) is 0. The van der Waals surface area contributed by atoms with Gasteiger partial charge >= 0.3 is 199 Å². The maximum absolute atomic E-state index is 0. The van der Waals surface area contributed by atoms with Crippen molar-refractivity contribution in [1.29, 1.82) is 0 Å². The molecule has 12 heteroatoms. The van der Waals surface area contributed by atoms with Crippen molar-refractivity contribution >= 4 is 253 Å². The van der Waals surface area contributed by atoms with Crippen molar-refractivity contribution in [1.82, 2.24) is 0 Å². The summed E-state index contributed by atoms with van der Waals surface area (Å²) in [5.41, 5.74) is 0. The average molecular weight is 1030 g/mol. The molecule has 0 aromatic rings. The van der Waals surface area contributed by atoms with Gasteiger partial charge in [-0.15, -0.1) is 0 Å². The van der Waals surface area contributed by atoms with Crippen molar-refractivity contribution in [2.24, 2.45) is 0 Å². The summed E-state index contributed by atoms with van der Waals surface area (Å²) in [6.07, 6.45) is 0. The van der Waals surface area contributed by atoms with Gasteiger partial charge in [0.1, 0.15) is 0 Å². The average Bonchev–Trinajstić information content (AvgIpc) is 0. The van der Waals surface area contributed by atoms with E-state index in [0.717, 1.165) is 0 Å². The van der Waals surface area contributed by atoms with E-state index in [0.29, 0.717) is 0 Å². The van der Waals surface area contributed by atoms with Crippen molar-refractivity contribution in [3.63, 3.8) is 0 Å². The molecule has 0 bridgehead atoms. The molecule has 0 spiro atoms. The molecule has 66 valence electrons. The Bertz CT molecular complexity index is 27.5. The van der Waals surface area contributed by atoms with Crippen molar-refractivity contribution in [3.8, 4) is 0 Å². The zero-order valence-electron chi connectivity index (χ0n) is 4.81. The SMILES string of the molecule is [Al+3].[Al+3].[As-3].[As-3].[As-3].[Ga+3].[Ga+3].[In+3].[In+3].[SbH6-3].[SbH6-3].[SbH6-3]. The molecule has 0 rings (SSSR count). The molecule has 0 saturated carbocycles. The Kier molecular flexibility index (Phi) is 872. The van der Waals surface area contributed by atoms with E-state index in [4.69, 9.17) is 0 Å². The van der Waals surface area contributed by atoms with Crippen LogP contribution in [0.1, 0.15) is 0 Å². The summed E-state index contributed by atoms with van der Waals surface area (Å²) in [6, 6.07) is 0. The molecule has 0 atom stereocenters. The molecule has 0 aliphatic rings. The van der Waals surface area contributed by atoms with Gasteiger partial charge in [0.2, 0.25) is 0 Å². The van der Waals surface area contributed by atoms with Crippen LogP contribution in [-0.4, -0.2) is 253 Å². The Morgan fingerprint density at radius 2 is 0.417 bits per heavy atom. The number of rotatable bonds is 0. The summed E-state index contributed by atoms with van der Waals surface area (Å²) in [5, 5.41) is 0. The van der Waals surface area contributed by atoms with Gasteiger partial charge in [-0.1, -0.05) is 0 Å². The molecule has 0 aromatic carbocycles. The Labute approximate surface area is 246 Å². The van der Waals surface area contributed by atoms with E-state index >= 15 is 0 Å². The summed E-state index contributed by atoms with van der Waals surface area (Å²) in [4.78, 5) is 0. The summed E-state index contributed by atoms with van der Waals surface area (Å²) in [5.74, 6) is 0. The van der Waals surface area contributed by atoms with Gasteiger partial charge in [0.05, 0.1) is 0 Å². The number of hydrogen-bond acceptors (Lipinski definition) is 0. The molecule has 0 aliphatic heterocycles. The first-order valence-electron chi connectivity index (χ1n) is 0. The van der Waals surface area contributed by atoms with Gasteiger partial charge in [0.15, 0.2) is 0 Å². The standard InChI is InChI=1S/2Al.3As.2Ga.2In.3Sb.18H/q2*+3;3*-3;4*+3;3*-3;;;;;;;;;;;;;;;;;;. The third kappa shape index (κ3) is 80.0. The van der Waals surface area contributed by atoms with Crippen LogP contribution in [0.5, 0.6) is 0 Å². The van der Waals surface area contributed by atoms with E-state index in [2.05, 4.69) is 0 Å². The number of hydrogen-bond donors (Lipinski definition) is 0. The van der Waals surface area contributed by atoms with Gasteiger partial charge in [-0.2, -0.15) is 0 Å². The molecular weight excluding hydrogens is 1010 g/mol. The van der Waals surface area contributed by atoms with Crippen LogP contribution in [0.4, 0.5) is 0 Å². The van der Waals surface area contributed by atoms with E-state index in [1.54, 1.807) is 0 Å². The molecule has 0 amide bonds. The molecule has 0 aliphatic carbocycles. The zero-order chi connectivity index (χ0) is 0. The van der Waals surface area contributed by atoms with Crippen LogP contribution in [0.15, 0.2) is 0 Å². The van der Waals surface area contributed by atoms with Crippen LogP contribution in [0, 0.1) is 0 Å². The van der Waals surface area contributed by atoms with Crippen LogP contribution in [0.3, 0.4) is 0 Å². The molecule has 0 N–H and O–H groups in total. The van der Waals surface area contributed by atoms with Gasteiger partial charge in [-0.05, 0) is 0 Å². The first-order chi connectivity index (χ1) is 0. The van der Waals surface area contributed by atoms with E-state index < -0.39 is 0 Å². The second-order valence-electron chi connectivity index (χ2n) is 0. The van der Waals surface area contributed by atoms with Crippen molar-refractivity contribution < 1.29 is 0 Å². The normalized spacial score (nSPS) is 0. The second-order valence-corrected chi connectivity index (χ2v) is 0. The molecule has 0 heterocycles. The Balaban J connectivity index is 0. The molecule has 12 heavy (non-hydrogen) atoms. The quantitative estimate of drug-likeness (QED) is 0.212. The summed E-state index contributed by atoms with van der Waals surface area (Å²) >= 11 is 0. The van der Waals surface area contributed by atoms with Crippen molar-refractivity contribution in [2.75, 3.05) is 0 Å². The fourth-order valence-corrected chi connectivity index (χ4v) is 0. The first kappa shape index (κ1) is 111. The summed E-state index contributed by atoms with van der Waals surface area (Å²) in [6.45, 7) is 0. The van der Waals surface area contributed by atoms with E-state index in [9.17, 15) is 0 Å². The summed E-state index contributed by atoms with van der Waals surface area (Å²) in [7, 11) is 0. The first-order valence-corrected chi connectivity index (χ1v) is 0. The second kappa shape index (κ2) is 94.5. The molecular formula is H18Al2As3Ga2In2Sb3. The van der Waals surface area contributed by atoms with Crippen molar-refractivity contribution in [2.45, 2.75) is 0 Å².